The van der Waals surface area contributed by atoms with Gasteiger partial charge in [0.25, 0.3) is 0 Å². The molecule has 0 radical (unpaired) electrons. The lowest BCUT2D eigenvalue weighted by molar-refractivity contribution is -0.111. The number of aryl methyl sites for hydroxylation is 2. The Hall–Kier alpha value is -3.79. The molecule has 1 amide bonds. The van der Waals surface area contributed by atoms with Crippen LogP contribution in [0.5, 0.6) is 0 Å². The fourth-order valence-electron chi connectivity index (χ4n) is 7.39. The molecule has 1 saturated heterocycles. The molecule has 1 aliphatic heterocycles. The number of ether oxygens (including phenoxy) is 2. The molecule has 2 aromatic carbocycles. The lowest BCUT2D eigenvalue weighted by atomic mass is 9.62. The number of aromatic nitrogens is 3. The van der Waals surface area contributed by atoms with E-state index in [0.29, 0.717) is 6.42 Å². The minimum absolute atomic E-state index is 0.0822. The maximum absolute atomic E-state index is 14.4. The number of anilines is 1. The van der Waals surface area contributed by atoms with Crippen LogP contribution in [0.3, 0.4) is 0 Å². The number of carbonyl (C=O) groups is 1. The number of benzene rings is 2. The SMILES string of the molecule is COC12CCC(n3c([C@@H]4CCOC(=O)N4c4ccc(F)c(F)c4)nc4cc(-c5c(C)noc5C)ccc43)(CC1)CC2. The third-order valence-electron chi connectivity index (χ3n) is 9.65. The maximum atomic E-state index is 14.4. The Balaban J connectivity index is 1.42. The average Bonchev–Trinajstić information content (AvgIpc) is 3.54. The molecule has 4 fully saturated rings. The van der Waals surface area contributed by atoms with E-state index in [9.17, 15) is 13.6 Å². The molecule has 41 heavy (non-hydrogen) atoms. The molecule has 0 unspecified atom stereocenters. The lowest BCUT2D eigenvalue weighted by Gasteiger charge is -2.54. The Morgan fingerprint density at radius 3 is 2.41 bits per heavy atom. The molecule has 3 aliphatic carbocycles. The molecule has 0 N–H and O–H groups in total. The lowest BCUT2D eigenvalue weighted by Crippen LogP contribution is -2.53. The van der Waals surface area contributed by atoms with Gasteiger partial charge in [0.1, 0.15) is 17.6 Å². The Bertz CT molecular complexity index is 1630. The molecule has 214 valence electrons. The quantitative estimate of drug-likeness (QED) is 0.258. The number of amides is 1. The van der Waals surface area contributed by atoms with Crippen molar-refractivity contribution in [2.45, 2.75) is 76.0 Å². The van der Waals surface area contributed by atoms with E-state index in [4.69, 9.17) is 19.0 Å². The Morgan fingerprint density at radius 2 is 1.76 bits per heavy atom. The van der Waals surface area contributed by atoms with E-state index in [0.717, 1.165) is 90.1 Å². The number of hydrogen-bond acceptors (Lipinski definition) is 6. The predicted octanol–water partition coefficient (Wildman–Crippen LogP) is 7.12. The molecule has 3 heterocycles. The predicted molar refractivity (Wildman–Crippen MR) is 148 cm³/mol. The van der Waals surface area contributed by atoms with Crippen LogP contribution in [0.25, 0.3) is 22.2 Å². The number of imidazole rings is 1. The first-order chi connectivity index (χ1) is 19.7. The third kappa shape index (κ3) is 3.98. The van der Waals surface area contributed by atoms with Crippen LogP contribution in [0.4, 0.5) is 19.3 Å². The molecule has 4 aromatic rings. The van der Waals surface area contributed by atoms with Crippen molar-refractivity contribution < 1.29 is 27.6 Å². The third-order valence-corrected chi connectivity index (χ3v) is 9.65. The zero-order chi connectivity index (χ0) is 28.5. The van der Waals surface area contributed by atoms with Crippen molar-refractivity contribution in [2.24, 2.45) is 0 Å². The summed E-state index contributed by atoms with van der Waals surface area (Å²) in [5, 5.41) is 4.12. The van der Waals surface area contributed by atoms with Gasteiger partial charge in [-0.3, -0.25) is 4.90 Å². The van der Waals surface area contributed by atoms with E-state index < -0.39 is 23.8 Å². The van der Waals surface area contributed by atoms with Gasteiger partial charge in [0.05, 0.1) is 34.6 Å². The Labute approximate surface area is 236 Å². The van der Waals surface area contributed by atoms with Gasteiger partial charge in [-0.2, -0.15) is 0 Å². The Morgan fingerprint density at radius 1 is 1.00 bits per heavy atom. The van der Waals surface area contributed by atoms with Crippen molar-refractivity contribution in [3.8, 4) is 11.1 Å². The summed E-state index contributed by atoms with van der Waals surface area (Å²) in [5.41, 5.74) is 4.42. The smallest absolute Gasteiger partial charge is 0.414 e. The second-order valence-electron chi connectivity index (χ2n) is 11.7. The highest BCUT2D eigenvalue weighted by Crippen LogP contribution is 2.54. The van der Waals surface area contributed by atoms with Crippen molar-refractivity contribution in [1.82, 2.24) is 14.7 Å². The number of hydrogen-bond donors (Lipinski definition) is 0. The van der Waals surface area contributed by atoms with Crippen LogP contribution in [-0.4, -0.2) is 40.1 Å². The summed E-state index contributed by atoms with van der Waals surface area (Å²) in [7, 11) is 1.81. The average molecular weight is 563 g/mol. The van der Waals surface area contributed by atoms with E-state index in [-0.39, 0.29) is 23.4 Å². The largest absolute Gasteiger partial charge is 0.449 e. The van der Waals surface area contributed by atoms with Gasteiger partial charge >= 0.3 is 6.09 Å². The number of methoxy groups -OCH3 is 1. The molecule has 4 aliphatic rings. The van der Waals surface area contributed by atoms with Crippen molar-refractivity contribution in [2.75, 3.05) is 18.6 Å². The highest BCUT2D eigenvalue weighted by molar-refractivity contribution is 5.90. The van der Waals surface area contributed by atoms with Crippen LogP contribution >= 0.6 is 0 Å². The summed E-state index contributed by atoms with van der Waals surface area (Å²) in [6.45, 7) is 4.01. The number of cyclic esters (lactones) is 1. The molecule has 3 saturated carbocycles. The van der Waals surface area contributed by atoms with Crippen molar-refractivity contribution in [3.05, 3.63) is 65.3 Å². The van der Waals surface area contributed by atoms with E-state index in [2.05, 4.69) is 21.9 Å². The first kappa shape index (κ1) is 26.1. The maximum Gasteiger partial charge on any atom is 0.414 e. The van der Waals surface area contributed by atoms with Crippen LogP contribution in [-0.2, 0) is 15.0 Å². The van der Waals surface area contributed by atoms with Crippen molar-refractivity contribution in [1.29, 1.82) is 0 Å². The van der Waals surface area contributed by atoms with Crippen LogP contribution < -0.4 is 4.90 Å². The number of nitrogens with zero attached hydrogens (tertiary/aromatic N) is 4. The van der Waals surface area contributed by atoms with Crippen molar-refractivity contribution >= 4 is 22.8 Å². The minimum atomic E-state index is -1.02. The van der Waals surface area contributed by atoms with Crippen LogP contribution in [0.1, 0.15) is 68.3 Å². The number of fused-ring (bicyclic) bond motifs is 4. The normalized spacial score (nSPS) is 26.1. The van der Waals surface area contributed by atoms with E-state index in [1.54, 1.807) is 7.11 Å². The van der Waals surface area contributed by atoms with Crippen LogP contribution in [0.2, 0.25) is 0 Å². The molecule has 2 aromatic heterocycles. The summed E-state index contributed by atoms with van der Waals surface area (Å²) < 4.78 is 47.4. The van der Waals surface area contributed by atoms with Gasteiger partial charge in [0.2, 0.25) is 0 Å². The van der Waals surface area contributed by atoms with E-state index >= 15 is 0 Å². The van der Waals surface area contributed by atoms with Gasteiger partial charge in [-0.05, 0) is 82.2 Å². The van der Waals surface area contributed by atoms with E-state index in [1.165, 1.54) is 11.0 Å². The molecular formula is C31H32F2N4O4. The molecule has 2 bridgehead atoms. The van der Waals surface area contributed by atoms with Gasteiger partial charge in [0.15, 0.2) is 11.6 Å². The second kappa shape index (κ2) is 9.37. The van der Waals surface area contributed by atoms with Crippen molar-refractivity contribution in [3.63, 3.8) is 0 Å². The first-order valence-electron chi connectivity index (χ1n) is 14.2. The monoisotopic (exact) mass is 562 g/mol. The van der Waals surface area contributed by atoms with Gasteiger partial charge in [-0.1, -0.05) is 11.2 Å². The van der Waals surface area contributed by atoms with Crippen LogP contribution in [0.15, 0.2) is 40.9 Å². The first-order valence-corrected chi connectivity index (χ1v) is 14.2. The molecule has 1 atom stereocenters. The summed E-state index contributed by atoms with van der Waals surface area (Å²) in [4.78, 5) is 19.8. The fourth-order valence-corrected chi connectivity index (χ4v) is 7.39. The molecule has 0 spiro atoms. The summed E-state index contributed by atoms with van der Waals surface area (Å²) in [6, 6.07) is 9.18. The second-order valence-corrected chi connectivity index (χ2v) is 11.7. The minimum Gasteiger partial charge on any atom is -0.449 e. The summed E-state index contributed by atoms with van der Waals surface area (Å²) in [6.07, 6.45) is 5.46. The standard InChI is InChI=1S/C31H32F2N4O4/c1-18-27(19(2)41-35-18)20-4-7-25-24(16-20)34-28(37(25)30-9-12-31(39-3,13-10-30)14-11-30)26-8-15-40-29(38)36(26)21-5-6-22(32)23(33)17-21/h4-7,16-17,26H,8-15H2,1-3H3/t26-,30?,31?/m0/s1. The molecule has 8 rings (SSSR count). The molecule has 8 nitrogen and oxygen atoms in total. The number of carbonyl (C=O) groups excluding carboxylic acids is 1. The zero-order valence-electron chi connectivity index (χ0n) is 23.4. The van der Waals surface area contributed by atoms with Gasteiger partial charge in [-0.25, -0.2) is 18.6 Å². The Kier molecular flexibility index (Phi) is 5.97. The highest BCUT2D eigenvalue weighted by Gasteiger charge is 2.52. The topological polar surface area (TPSA) is 82.6 Å². The van der Waals surface area contributed by atoms with Crippen LogP contribution in [0, 0.1) is 25.5 Å². The summed E-state index contributed by atoms with van der Waals surface area (Å²) in [5.74, 6) is -0.537. The summed E-state index contributed by atoms with van der Waals surface area (Å²) >= 11 is 0. The highest BCUT2D eigenvalue weighted by atomic mass is 19.2. The molecule has 10 heteroatoms. The van der Waals surface area contributed by atoms with Gasteiger partial charge < -0.3 is 18.6 Å². The number of rotatable bonds is 5. The fraction of sp³-hybridized carbons (Fsp3) is 0.452. The number of halogens is 2. The van der Waals surface area contributed by atoms with Gasteiger partial charge in [-0.15, -0.1) is 0 Å². The van der Waals surface area contributed by atoms with Gasteiger partial charge in [0, 0.05) is 30.7 Å². The molecular weight excluding hydrogens is 530 g/mol. The zero-order valence-corrected chi connectivity index (χ0v) is 23.4. The van der Waals surface area contributed by atoms with E-state index in [1.807, 2.05) is 19.9 Å².